The van der Waals surface area contributed by atoms with Crippen LogP contribution < -0.4 is 9.47 Å². The Morgan fingerprint density at radius 3 is 2.44 bits per heavy atom. The molecular formula is C24H25NO7. The lowest BCUT2D eigenvalue weighted by atomic mass is 9.95. The summed E-state index contributed by atoms with van der Waals surface area (Å²) in [5.41, 5.74) is 0.918. The molecule has 168 valence electrons. The zero-order valence-electron chi connectivity index (χ0n) is 18.2. The van der Waals surface area contributed by atoms with Crippen molar-refractivity contribution >= 4 is 23.4 Å². The molecule has 1 N–H and O–H groups in total. The summed E-state index contributed by atoms with van der Waals surface area (Å²) in [5, 5.41) is 11.1. The normalized spacial score (nSPS) is 17.5. The molecule has 8 nitrogen and oxygen atoms in total. The first-order chi connectivity index (χ1) is 15.4. The van der Waals surface area contributed by atoms with Gasteiger partial charge in [-0.05, 0) is 36.8 Å². The molecule has 32 heavy (non-hydrogen) atoms. The number of nitrogens with zero attached hydrogens (tertiary/aromatic N) is 1. The van der Waals surface area contributed by atoms with E-state index in [2.05, 4.69) is 0 Å². The van der Waals surface area contributed by atoms with Gasteiger partial charge in [-0.2, -0.15) is 0 Å². The van der Waals surface area contributed by atoms with Crippen molar-refractivity contribution in [1.82, 2.24) is 4.90 Å². The number of rotatable bonds is 8. The molecule has 3 rings (SSSR count). The third kappa shape index (κ3) is 4.81. The molecule has 2 aromatic rings. The number of hydrogen-bond acceptors (Lipinski definition) is 7. The van der Waals surface area contributed by atoms with Gasteiger partial charge in [0.15, 0.2) is 0 Å². The molecule has 1 saturated heterocycles. The van der Waals surface area contributed by atoms with Crippen molar-refractivity contribution in [3.63, 3.8) is 0 Å². The van der Waals surface area contributed by atoms with E-state index in [0.717, 1.165) is 0 Å². The molecule has 1 aliphatic heterocycles. The maximum atomic E-state index is 12.9. The average Bonchev–Trinajstić information content (AvgIpc) is 3.02. The van der Waals surface area contributed by atoms with Gasteiger partial charge >= 0.3 is 5.97 Å². The zero-order valence-corrected chi connectivity index (χ0v) is 18.2. The Hall–Kier alpha value is -3.65. The van der Waals surface area contributed by atoms with Crippen LogP contribution in [0.5, 0.6) is 11.5 Å². The minimum Gasteiger partial charge on any atom is -0.507 e. The van der Waals surface area contributed by atoms with Gasteiger partial charge in [0.1, 0.15) is 17.3 Å². The van der Waals surface area contributed by atoms with Gasteiger partial charge in [0.25, 0.3) is 11.7 Å². The van der Waals surface area contributed by atoms with Crippen LogP contribution >= 0.6 is 0 Å². The Balaban J connectivity index is 2.10. The van der Waals surface area contributed by atoms with Gasteiger partial charge in [-0.15, -0.1) is 0 Å². The number of aliphatic hydroxyl groups excluding tert-OH is 1. The van der Waals surface area contributed by atoms with Crippen LogP contribution in [0.3, 0.4) is 0 Å². The van der Waals surface area contributed by atoms with Crippen LogP contribution in [0, 0.1) is 0 Å². The highest BCUT2D eigenvalue weighted by Crippen LogP contribution is 2.40. The number of benzene rings is 2. The highest BCUT2D eigenvalue weighted by molar-refractivity contribution is 6.46. The van der Waals surface area contributed by atoms with E-state index in [9.17, 15) is 19.5 Å². The average molecular weight is 439 g/mol. The van der Waals surface area contributed by atoms with E-state index in [1.165, 1.54) is 18.9 Å². The number of aliphatic hydroxyl groups is 1. The maximum Gasteiger partial charge on any atom is 0.308 e. The van der Waals surface area contributed by atoms with E-state index >= 15 is 0 Å². The number of carbonyl (C=O) groups excluding carboxylic acids is 3. The van der Waals surface area contributed by atoms with Gasteiger partial charge in [0, 0.05) is 26.1 Å². The SMILES string of the molecule is CCOc1cccc(/C(O)=C2/C(=O)C(=O)N(CCOC)C2c2ccc(OC(C)=O)cc2)c1. The van der Waals surface area contributed by atoms with E-state index in [0.29, 0.717) is 29.2 Å². The minimum atomic E-state index is -0.827. The smallest absolute Gasteiger partial charge is 0.308 e. The van der Waals surface area contributed by atoms with Crippen LogP contribution in [0.1, 0.15) is 31.0 Å². The van der Waals surface area contributed by atoms with Crippen molar-refractivity contribution in [3.05, 3.63) is 65.2 Å². The van der Waals surface area contributed by atoms with Crippen LogP contribution in [-0.4, -0.2) is 54.5 Å². The molecule has 0 radical (unpaired) electrons. The Labute approximate surface area is 186 Å². The predicted molar refractivity (Wildman–Crippen MR) is 116 cm³/mol. The number of ether oxygens (including phenoxy) is 3. The molecule has 0 aromatic heterocycles. The largest absolute Gasteiger partial charge is 0.507 e. The van der Waals surface area contributed by atoms with Crippen molar-refractivity contribution < 1.29 is 33.7 Å². The van der Waals surface area contributed by atoms with E-state index in [1.807, 2.05) is 6.92 Å². The van der Waals surface area contributed by atoms with Gasteiger partial charge in [-0.1, -0.05) is 24.3 Å². The second-order valence-corrected chi connectivity index (χ2v) is 7.11. The maximum absolute atomic E-state index is 12.9. The first kappa shape index (κ1) is 23.0. The Morgan fingerprint density at radius 2 is 1.81 bits per heavy atom. The second-order valence-electron chi connectivity index (χ2n) is 7.11. The van der Waals surface area contributed by atoms with Crippen LogP contribution in [0.15, 0.2) is 54.1 Å². The fourth-order valence-corrected chi connectivity index (χ4v) is 3.59. The van der Waals surface area contributed by atoms with E-state index in [-0.39, 0.29) is 24.5 Å². The number of hydrogen-bond donors (Lipinski definition) is 1. The number of esters is 1. The molecule has 0 spiro atoms. The fraction of sp³-hybridized carbons (Fsp3) is 0.292. The van der Waals surface area contributed by atoms with E-state index in [4.69, 9.17) is 14.2 Å². The molecular weight excluding hydrogens is 414 g/mol. The van der Waals surface area contributed by atoms with Crippen molar-refractivity contribution in [2.45, 2.75) is 19.9 Å². The molecule has 1 atom stereocenters. The van der Waals surface area contributed by atoms with Crippen molar-refractivity contribution in [2.24, 2.45) is 0 Å². The topological polar surface area (TPSA) is 102 Å². The van der Waals surface area contributed by atoms with Gasteiger partial charge in [-0.3, -0.25) is 14.4 Å². The van der Waals surface area contributed by atoms with Gasteiger partial charge in [0.05, 0.1) is 24.8 Å². The van der Waals surface area contributed by atoms with Gasteiger partial charge < -0.3 is 24.2 Å². The zero-order chi connectivity index (χ0) is 23.3. The number of likely N-dealkylation sites (tertiary alicyclic amines) is 1. The summed E-state index contributed by atoms with van der Waals surface area (Å²) in [4.78, 5) is 38.3. The molecule has 1 unspecified atom stereocenters. The van der Waals surface area contributed by atoms with Crippen molar-refractivity contribution in [2.75, 3.05) is 26.9 Å². The number of methoxy groups -OCH3 is 1. The van der Waals surface area contributed by atoms with Crippen LogP contribution in [-0.2, 0) is 19.1 Å². The monoisotopic (exact) mass is 439 g/mol. The van der Waals surface area contributed by atoms with Crippen molar-refractivity contribution in [1.29, 1.82) is 0 Å². The number of ketones is 1. The Morgan fingerprint density at radius 1 is 1.09 bits per heavy atom. The molecule has 1 amide bonds. The number of Topliss-reactive ketones (excluding diaryl/α,β-unsaturated/α-hetero) is 1. The van der Waals surface area contributed by atoms with Crippen LogP contribution in [0.4, 0.5) is 0 Å². The first-order valence-electron chi connectivity index (χ1n) is 10.2. The Kier molecular flexibility index (Phi) is 7.27. The minimum absolute atomic E-state index is 0.0278. The first-order valence-corrected chi connectivity index (χ1v) is 10.2. The lowest BCUT2D eigenvalue weighted by Gasteiger charge is -2.25. The van der Waals surface area contributed by atoms with E-state index < -0.39 is 23.7 Å². The highest BCUT2D eigenvalue weighted by Gasteiger charge is 2.45. The summed E-state index contributed by atoms with van der Waals surface area (Å²) in [6, 6.07) is 12.3. The number of carbonyl (C=O) groups is 3. The summed E-state index contributed by atoms with van der Waals surface area (Å²) in [6.45, 7) is 3.96. The fourth-order valence-electron chi connectivity index (χ4n) is 3.59. The van der Waals surface area contributed by atoms with Crippen molar-refractivity contribution in [3.8, 4) is 11.5 Å². The molecule has 1 heterocycles. The van der Waals surface area contributed by atoms with Gasteiger partial charge in [0.2, 0.25) is 0 Å². The van der Waals surface area contributed by atoms with E-state index in [1.54, 1.807) is 48.5 Å². The molecule has 8 heteroatoms. The summed E-state index contributed by atoms with van der Waals surface area (Å²) < 4.78 is 15.6. The third-order valence-electron chi connectivity index (χ3n) is 4.95. The van der Waals surface area contributed by atoms with Crippen LogP contribution in [0.2, 0.25) is 0 Å². The molecule has 1 aliphatic rings. The molecule has 2 aromatic carbocycles. The van der Waals surface area contributed by atoms with Gasteiger partial charge in [-0.25, -0.2) is 0 Å². The molecule has 0 bridgehead atoms. The molecule has 0 saturated carbocycles. The number of amides is 1. The summed E-state index contributed by atoms with van der Waals surface area (Å²) >= 11 is 0. The second kappa shape index (κ2) is 10.1. The Bertz CT molecular complexity index is 1040. The summed E-state index contributed by atoms with van der Waals surface area (Å²) in [5.74, 6) is -1.39. The standard InChI is InChI=1S/C24H25NO7/c1-4-31-19-7-5-6-17(14-19)22(27)20-21(25(12-13-30-3)24(29)23(20)28)16-8-10-18(11-9-16)32-15(2)26/h5-11,14,21,27H,4,12-13H2,1-3H3/b22-20-. The lowest BCUT2D eigenvalue weighted by molar-refractivity contribution is -0.140. The summed E-state index contributed by atoms with van der Waals surface area (Å²) in [6.07, 6.45) is 0. The summed E-state index contributed by atoms with van der Waals surface area (Å²) in [7, 11) is 1.50. The molecule has 1 fully saturated rings. The molecule has 0 aliphatic carbocycles. The predicted octanol–water partition coefficient (Wildman–Crippen LogP) is 3.08. The quantitative estimate of drug-likeness (QED) is 0.222. The highest BCUT2D eigenvalue weighted by atomic mass is 16.5. The van der Waals surface area contributed by atoms with Crippen LogP contribution in [0.25, 0.3) is 5.76 Å². The third-order valence-corrected chi connectivity index (χ3v) is 4.95. The lowest BCUT2D eigenvalue weighted by Crippen LogP contribution is -2.32.